The second kappa shape index (κ2) is 8.27. The Kier molecular flexibility index (Phi) is 5.83. The number of amides is 1. The van der Waals surface area contributed by atoms with Gasteiger partial charge < -0.3 is 5.32 Å². The Morgan fingerprint density at radius 3 is 2.72 bits per heavy atom. The minimum Gasteiger partial charge on any atom is -0.326 e. The molecule has 4 nitrogen and oxygen atoms in total. The molecule has 6 heteroatoms. The summed E-state index contributed by atoms with van der Waals surface area (Å²) in [5.74, 6) is 0.482. The Hall–Kier alpha value is -2.18. The van der Waals surface area contributed by atoms with Crippen LogP contribution < -0.4 is 5.32 Å². The summed E-state index contributed by atoms with van der Waals surface area (Å²) in [6.45, 7) is 1.98. The van der Waals surface area contributed by atoms with Crippen molar-refractivity contribution in [1.29, 1.82) is 0 Å². The predicted molar refractivity (Wildman–Crippen MR) is 105 cm³/mol. The number of fused-ring (bicyclic) bond motifs is 1. The van der Waals surface area contributed by atoms with E-state index >= 15 is 0 Å². The van der Waals surface area contributed by atoms with Crippen molar-refractivity contribution in [3.8, 4) is 0 Å². The third-order valence-electron chi connectivity index (χ3n) is 3.55. The largest absolute Gasteiger partial charge is 0.326 e. The van der Waals surface area contributed by atoms with Crippen molar-refractivity contribution in [3.63, 3.8) is 0 Å². The molecule has 0 aliphatic rings. The molecule has 0 fully saturated rings. The Balaban J connectivity index is 1.67. The highest BCUT2D eigenvalue weighted by Gasteiger charge is 2.10. The number of carbonyl (C=O) groups excluding carboxylic acids is 2. The number of ketones is 1. The van der Waals surface area contributed by atoms with Crippen molar-refractivity contribution >= 4 is 50.7 Å². The molecule has 1 N–H and O–H groups in total. The summed E-state index contributed by atoms with van der Waals surface area (Å²) in [5.41, 5.74) is 2.39. The fraction of sp³-hybridized carbons (Fsp3) is 0.211. The third kappa shape index (κ3) is 4.67. The molecule has 0 spiro atoms. The zero-order chi connectivity index (χ0) is 17.6. The number of hydrogen-bond donors (Lipinski definition) is 1. The van der Waals surface area contributed by atoms with E-state index in [1.54, 1.807) is 0 Å². The van der Waals surface area contributed by atoms with Crippen LogP contribution in [0.5, 0.6) is 0 Å². The predicted octanol–water partition coefficient (Wildman–Crippen LogP) is 5.01. The third-order valence-corrected chi connectivity index (χ3v) is 5.71. The van der Waals surface area contributed by atoms with E-state index in [-0.39, 0.29) is 11.7 Å². The zero-order valence-corrected chi connectivity index (χ0v) is 15.5. The van der Waals surface area contributed by atoms with Crippen molar-refractivity contribution in [2.75, 3.05) is 11.1 Å². The fourth-order valence-corrected chi connectivity index (χ4v) is 4.33. The summed E-state index contributed by atoms with van der Waals surface area (Å²) < 4.78 is 1.86. The smallest absolute Gasteiger partial charge is 0.224 e. The summed E-state index contributed by atoms with van der Waals surface area (Å²) in [6, 6.07) is 15.0. The Morgan fingerprint density at radius 2 is 1.96 bits per heavy atom. The van der Waals surface area contributed by atoms with Crippen molar-refractivity contribution in [3.05, 3.63) is 54.1 Å². The molecular formula is C19H18N2O2S2. The lowest BCUT2D eigenvalue weighted by Crippen LogP contribution is -2.10. The van der Waals surface area contributed by atoms with Crippen LogP contribution in [0, 0.1) is 0 Å². The lowest BCUT2D eigenvalue weighted by Gasteiger charge is -2.03. The van der Waals surface area contributed by atoms with Gasteiger partial charge in [-0.1, -0.05) is 49.0 Å². The number of nitrogens with zero attached hydrogens (tertiary/aromatic N) is 1. The Morgan fingerprint density at radius 1 is 1.16 bits per heavy atom. The van der Waals surface area contributed by atoms with Crippen LogP contribution >= 0.6 is 23.1 Å². The van der Waals surface area contributed by atoms with Crippen molar-refractivity contribution in [2.45, 2.75) is 24.1 Å². The Labute approximate surface area is 154 Å². The topological polar surface area (TPSA) is 59.1 Å². The highest BCUT2D eigenvalue weighted by Crippen LogP contribution is 2.31. The maximum atomic E-state index is 12.2. The molecule has 0 atom stereocenters. The van der Waals surface area contributed by atoms with Crippen LogP contribution in [0.1, 0.15) is 30.1 Å². The highest BCUT2D eigenvalue weighted by atomic mass is 32.2. The number of nitrogens with one attached hydrogen (secondary N) is 1. The van der Waals surface area contributed by atoms with E-state index in [4.69, 9.17) is 0 Å². The minimum absolute atomic E-state index is 0.0226. The Bertz CT molecular complexity index is 891. The van der Waals surface area contributed by atoms with E-state index in [9.17, 15) is 9.59 Å². The number of benzene rings is 2. The van der Waals surface area contributed by atoms with Gasteiger partial charge in [-0.05, 0) is 24.6 Å². The first-order valence-corrected chi connectivity index (χ1v) is 9.87. The van der Waals surface area contributed by atoms with Crippen molar-refractivity contribution in [1.82, 2.24) is 4.98 Å². The van der Waals surface area contributed by atoms with E-state index < -0.39 is 0 Å². The van der Waals surface area contributed by atoms with Gasteiger partial charge in [0.05, 0.1) is 16.0 Å². The van der Waals surface area contributed by atoms with Crippen LogP contribution in [0.2, 0.25) is 0 Å². The van der Waals surface area contributed by atoms with Crippen LogP contribution in [0.4, 0.5) is 5.69 Å². The average molecular weight is 370 g/mol. The first-order chi connectivity index (χ1) is 12.2. The summed E-state index contributed by atoms with van der Waals surface area (Å²) in [5, 5.41) is 2.90. The second-order valence-electron chi connectivity index (χ2n) is 5.54. The molecule has 3 aromatic rings. The van der Waals surface area contributed by atoms with Gasteiger partial charge in [-0.3, -0.25) is 9.59 Å². The molecule has 0 radical (unpaired) electrons. The first-order valence-electron chi connectivity index (χ1n) is 8.07. The van der Waals surface area contributed by atoms with Gasteiger partial charge in [-0.2, -0.15) is 0 Å². The van der Waals surface area contributed by atoms with Gasteiger partial charge in [0.25, 0.3) is 0 Å². The number of carbonyl (C=O) groups is 2. The lowest BCUT2D eigenvalue weighted by molar-refractivity contribution is -0.116. The normalized spacial score (nSPS) is 10.8. The number of hydrogen-bond acceptors (Lipinski definition) is 5. The minimum atomic E-state index is 0.0226. The van der Waals surface area contributed by atoms with Crippen LogP contribution in [0.3, 0.4) is 0 Å². The first kappa shape index (κ1) is 17.6. The molecule has 0 unspecified atom stereocenters. The molecule has 3 rings (SSSR count). The van der Waals surface area contributed by atoms with E-state index in [2.05, 4.69) is 10.3 Å². The van der Waals surface area contributed by atoms with Gasteiger partial charge in [0.15, 0.2) is 10.1 Å². The number of Topliss-reactive ketones (excluding diaryl/α,β-unsaturated/α-hetero) is 1. The number of thioether (sulfide) groups is 1. The van der Waals surface area contributed by atoms with Crippen LogP contribution in [0.15, 0.2) is 52.9 Å². The summed E-state index contributed by atoms with van der Waals surface area (Å²) in [7, 11) is 0. The van der Waals surface area contributed by atoms with E-state index in [1.807, 2.05) is 55.5 Å². The molecule has 0 aliphatic heterocycles. The van der Waals surface area contributed by atoms with Gasteiger partial charge in [0, 0.05) is 17.7 Å². The number of anilines is 1. The van der Waals surface area contributed by atoms with Gasteiger partial charge >= 0.3 is 0 Å². The SMILES string of the molecule is CCCC(=O)Nc1ccc2nc(SCC(=O)c3ccccc3)sc2c1. The number of aromatic nitrogens is 1. The van der Waals surface area contributed by atoms with Gasteiger partial charge in [-0.25, -0.2) is 4.98 Å². The van der Waals surface area contributed by atoms with Gasteiger partial charge in [0.1, 0.15) is 0 Å². The maximum absolute atomic E-state index is 12.2. The van der Waals surface area contributed by atoms with Crippen molar-refractivity contribution in [2.24, 2.45) is 0 Å². The monoisotopic (exact) mass is 370 g/mol. The molecule has 0 aliphatic carbocycles. The van der Waals surface area contributed by atoms with Gasteiger partial charge in [0.2, 0.25) is 5.91 Å². The molecule has 0 saturated heterocycles. The number of rotatable bonds is 7. The van der Waals surface area contributed by atoms with E-state index in [1.165, 1.54) is 23.1 Å². The molecule has 2 aromatic carbocycles. The van der Waals surface area contributed by atoms with Gasteiger partial charge in [-0.15, -0.1) is 11.3 Å². The molecule has 1 aromatic heterocycles. The maximum Gasteiger partial charge on any atom is 0.224 e. The summed E-state index contributed by atoms with van der Waals surface area (Å²) in [4.78, 5) is 28.4. The second-order valence-corrected chi connectivity index (χ2v) is 7.79. The quantitative estimate of drug-likeness (QED) is 0.469. The molecular weight excluding hydrogens is 352 g/mol. The van der Waals surface area contributed by atoms with E-state index in [0.717, 1.165) is 32.2 Å². The molecule has 0 bridgehead atoms. The van der Waals surface area contributed by atoms with Crippen molar-refractivity contribution < 1.29 is 9.59 Å². The average Bonchev–Trinajstić information content (AvgIpc) is 3.03. The standard InChI is InChI=1S/C19H18N2O2S2/c1-2-6-18(23)20-14-9-10-15-17(11-14)25-19(21-15)24-12-16(22)13-7-4-3-5-8-13/h3-5,7-11H,2,6,12H2,1H3,(H,20,23). The molecule has 1 amide bonds. The highest BCUT2D eigenvalue weighted by molar-refractivity contribution is 8.01. The summed E-state index contributed by atoms with van der Waals surface area (Å²) in [6.07, 6.45) is 1.34. The van der Waals surface area contributed by atoms with Crippen LogP contribution in [-0.2, 0) is 4.79 Å². The molecule has 0 saturated carbocycles. The molecule has 1 heterocycles. The van der Waals surface area contributed by atoms with Crippen LogP contribution in [-0.4, -0.2) is 22.4 Å². The zero-order valence-electron chi connectivity index (χ0n) is 13.8. The fourth-order valence-electron chi connectivity index (χ4n) is 2.33. The molecule has 128 valence electrons. The number of thiazole rings is 1. The lowest BCUT2D eigenvalue weighted by atomic mass is 10.2. The molecule has 25 heavy (non-hydrogen) atoms. The summed E-state index contributed by atoms with van der Waals surface area (Å²) >= 11 is 2.98. The van der Waals surface area contributed by atoms with Crippen LogP contribution in [0.25, 0.3) is 10.2 Å². The van der Waals surface area contributed by atoms with E-state index in [0.29, 0.717) is 12.2 Å².